The standard InChI is InChI=1S/C15H24/c1-8-5-11-7-10-3-4-12(10)13-6-9(2)14(8)15(11)13/h8-15H,3-7H2,1-2H3. The summed E-state index contributed by atoms with van der Waals surface area (Å²) in [7, 11) is 0. The third-order valence-electron chi connectivity index (χ3n) is 6.75. The van der Waals surface area contributed by atoms with E-state index in [2.05, 4.69) is 13.8 Å². The predicted molar refractivity (Wildman–Crippen MR) is 62.4 cm³/mol. The second kappa shape index (κ2) is 2.81. The second-order valence-electron chi connectivity index (χ2n) is 7.24. The second-order valence-corrected chi connectivity index (χ2v) is 7.24. The van der Waals surface area contributed by atoms with Crippen molar-refractivity contribution < 1.29 is 0 Å². The van der Waals surface area contributed by atoms with Gasteiger partial charge in [-0.2, -0.15) is 0 Å². The SMILES string of the molecule is CC1CC2CC3CCC3C3CC(C)C1C23. The van der Waals surface area contributed by atoms with Gasteiger partial charge < -0.3 is 0 Å². The zero-order chi connectivity index (χ0) is 10.2. The average molecular weight is 204 g/mol. The molecule has 0 aromatic rings. The Morgan fingerprint density at radius 1 is 0.667 bits per heavy atom. The van der Waals surface area contributed by atoms with E-state index in [9.17, 15) is 0 Å². The molecule has 15 heavy (non-hydrogen) atoms. The van der Waals surface area contributed by atoms with Crippen molar-refractivity contribution in [3.63, 3.8) is 0 Å². The molecule has 0 heterocycles. The van der Waals surface area contributed by atoms with Crippen molar-refractivity contribution in [2.45, 2.75) is 46.0 Å². The van der Waals surface area contributed by atoms with Gasteiger partial charge in [-0.1, -0.05) is 13.8 Å². The average Bonchev–Trinajstić information content (AvgIpc) is 2.62. The Morgan fingerprint density at radius 2 is 1.47 bits per heavy atom. The van der Waals surface area contributed by atoms with Crippen molar-refractivity contribution in [1.82, 2.24) is 0 Å². The molecule has 4 rings (SSSR count). The van der Waals surface area contributed by atoms with E-state index in [4.69, 9.17) is 0 Å². The summed E-state index contributed by atoms with van der Waals surface area (Å²) in [6.07, 6.45) is 7.97. The molecule has 0 heteroatoms. The lowest BCUT2D eigenvalue weighted by molar-refractivity contribution is -0.00792. The van der Waals surface area contributed by atoms with Crippen LogP contribution in [-0.4, -0.2) is 0 Å². The first kappa shape index (κ1) is 9.07. The first-order valence-electron chi connectivity index (χ1n) is 7.25. The molecule has 0 aliphatic heterocycles. The molecule has 84 valence electrons. The van der Waals surface area contributed by atoms with Crippen LogP contribution in [0.15, 0.2) is 0 Å². The van der Waals surface area contributed by atoms with Gasteiger partial charge in [0.25, 0.3) is 0 Å². The van der Waals surface area contributed by atoms with Crippen LogP contribution in [0.1, 0.15) is 46.0 Å². The molecule has 0 saturated heterocycles. The summed E-state index contributed by atoms with van der Waals surface area (Å²) in [6.45, 7) is 5.10. The lowest BCUT2D eigenvalue weighted by Crippen LogP contribution is -2.42. The fraction of sp³-hybridized carbons (Fsp3) is 1.00. The van der Waals surface area contributed by atoms with Crippen LogP contribution in [0, 0.1) is 47.3 Å². The van der Waals surface area contributed by atoms with E-state index in [1.54, 1.807) is 32.1 Å². The van der Waals surface area contributed by atoms with Gasteiger partial charge in [0.1, 0.15) is 0 Å². The molecule has 4 aliphatic carbocycles. The number of fused-ring (bicyclic) bond motifs is 2. The minimum absolute atomic E-state index is 1.05. The van der Waals surface area contributed by atoms with Gasteiger partial charge in [-0.3, -0.25) is 0 Å². The molecule has 4 saturated carbocycles. The molecule has 0 nitrogen and oxygen atoms in total. The Kier molecular flexibility index (Phi) is 1.70. The first-order valence-corrected chi connectivity index (χ1v) is 7.25. The molecule has 0 radical (unpaired) electrons. The van der Waals surface area contributed by atoms with Crippen LogP contribution in [0.2, 0.25) is 0 Å². The van der Waals surface area contributed by atoms with Crippen LogP contribution in [0.25, 0.3) is 0 Å². The van der Waals surface area contributed by atoms with Crippen LogP contribution in [0.4, 0.5) is 0 Å². The highest BCUT2D eigenvalue weighted by Gasteiger charge is 2.59. The minimum atomic E-state index is 1.05. The lowest BCUT2D eigenvalue weighted by Gasteiger charge is -2.50. The van der Waals surface area contributed by atoms with Gasteiger partial charge in [-0.15, -0.1) is 0 Å². The number of rotatable bonds is 0. The van der Waals surface area contributed by atoms with Crippen LogP contribution in [-0.2, 0) is 0 Å². The summed E-state index contributed by atoms with van der Waals surface area (Å²) in [6, 6.07) is 0. The highest BCUT2D eigenvalue weighted by Crippen LogP contribution is 2.66. The monoisotopic (exact) mass is 204 g/mol. The quantitative estimate of drug-likeness (QED) is 0.560. The van der Waals surface area contributed by atoms with Gasteiger partial charge in [0.2, 0.25) is 0 Å². The fourth-order valence-electron chi connectivity index (χ4n) is 6.36. The lowest BCUT2D eigenvalue weighted by atomic mass is 9.55. The van der Waals surface area contributed by atoms with Crippen molar-refractivity contribution in [3.05, 3.63) is 0 Å². The molecule has 4 fully saturated rings. The maximum absolute atomic E-state index is 2.55. The van der Waals surface area contributed by atoms with Crippen molar-refractivity contribution in [2.75, 3.05) is 0 Å². The third kappa shape index (κ3) is 0.996. The van der Waals surface area contributed by atoms with Crippen LogP contribution in [0.3, 0.4) is 0 Å². The topological polar surface area (TPSA) is 0 Å². The van der Waals surface area contributed by atoms with E-state index in [1.165, 1.54) is 23.7 Å². The van der Waals surface area contributed by atoms with E-state index in [1.807, 2.05) is 0 Å². The van der Waals surface area contributed by atoms with Crippen molar-refractivity contribution in [1.29, 1.82) is 0 Å². The van der Waals surface area contributed by atoms with E-state index in [0.29, 0.717) is 0 Å². The van der Waals surface area contributed by atoms with Gasteiger partial charge in [0.15, 0.2) is 0 Å². The van der Waals surface area contributed by atoms with Crippen molar-refractivity contribution in [3.8, 4) is 0 Å². The minimum Gasteiger partial charge on any atom is -0.0622 e. The van der Waals surface area contributed by atoms with E-state index < -0.39 is 0 Å². The van der Waals surface area contributed by atoms with E-state index in [0.717, 1.165) is 23.7 Å². The first-order chi connectivity index (χ1) is 7.25. The zero-order valence-electron chi connectivity index (χ0n) is 10.2. The van der Waals surface area contributed by atoms with Crippen LogP contribution < -0.4 is 0 Å². The largest absolute Gasteiger partial charge is 0.0622 e. The molecule has 8 atom stereocenters. The number of hydrogen-bond donors (Lipinski definition) is 0. The summed E-state index contributed by atoms with van der Waals surface area (Å²) in [5.74, 6) is 9.10. The van der Waals surface area contributed by atoms with Gasteiger partial charge in [0, 0.05) is 0 Å². The molecule has 4 aliphatic rings. The van der Waals surface area contributed by atoms with Gasteiger partial charge in [-0.05, 0) is 79.4 Å². The molecular weight excluding hydrogens is 180 g/mol. The van der Waals surface area contributed by atoms with Crippen LogP contribution in [0.5, 0.6) is 0 Å². The number of hydrogen-bond acceptors (Lipinski definition) is 0. The Labute approximate surface area is 93.8 Å². The highest BCUT2D eigenvalue weighted by molar-refractivity contribution is 5.08. The maximum atomic E-state index is 2.55. The van der Waals surface area contributed by atoms with Crippen LogP contribution >= 0.6 is 0 Å². The van der Waals surface area contributed by atoms with Gasteiger partial charge in [0.05, 0.1) is 0 Å². The summed E-state index contributed by atoms with van der Waals surface area (Å²) >= 11 is 0. The summed E-state index contributed by atoms with van der Waals surface area (Å²) in [5.41, 5.74) is 0. The van der Waals surface area contributed by atoms with Gasteiger partial charge >= 0.3 is 0 Å². The highest BCUT2D eigenvalue weighted by atomic mass is 14.6. The predicted octanol–water partition coefficient (Wildman–Crippen LogP) is 3.96. The molecule has 8 unspecified atom stereocenters. The molecule has 0 bridgehead atoms. The van der Waals surface area contributed by atoms with Gasteiger partial charge in [-0.25, -0.2) is 0 Å². The molecule has 0 aromatic carbocycles. The van der Waals surface area contributed by atoms with E-state index >= 15 is 0 Å². The molecule has 0 N–H and O–H groups in total. The Bertz CT molecular complexity index is 282. The third-order valence-corrected chi connectivity index (χ3v) is 6.75. The summed E-state index contributed by atoms with van der Waals surface area (Å²) in [5, 5.41) is 0. The molecule has 0 spiro atoms. The maximum Gasteiger partial charge on any atom is -0.0321 e. The molecular formula is C15H24. The smallest absolute Gasteiger partial charge is 0.0321 e. The fourth-order valence-corrected chi connectivity index (χ4v) is 6.36. The summed E-state index contributed by atoms with van der Waals surface area (Å²) in [4.78, 5) is 0. The van der Waals surface area contributed by atoms with Crippen molar-refractivity contribution >= 4 is 0 Å². The summed E-state index contributed by atoms with van der Waals surface area (Å²) < 4.78 is 0. The Hall–Kier alpha value is 0. The van der Waals surface area contributed by atoms with E-state index in [-0.39, 0.29) is 0 Å². The van der Waals surface area contributed by atoms with Crippen molar-refractivity contribution in [2.24, 2.45) is 47.3 Å². The Morgan fingerprint density at radius 3 is 2.20 bits per heavy atom. The molecule has 0 aromatic heterocycles. The molecule has 0 amide bonds. The Balaban J connectivity index is 1.71. The normalized spacial score (nSPS) is 66.0. The zero-order valence-corrected chi connectivity index (χ0v) is 10.2.